The topological polar surface area (TPSA) is 53.8 Å². The maximum Gasteiger partial charge on any atom is 0.125 e. The largest absolute Gasteiger partial charge is 0.846 e. The quantitative estimate of drug-likeness (QED) is 0.684. The summed E-state index contributed by atoms with van der Waals surface area (Å²) in [6.07, 6.45) is 6.47. The van der Waals surface area contributed by atoms with Crippen molar-refractivity contribution in [2.24, 2.45) is 0 Å². The van der Waals surface area contributed by atoms with E-state index in [1.807, 2.05) is 32.0 Å². The molecule has 2 heterocycles. The summed E-state index contributed by atoms with van der Waals surface area (Å²) in [4.78, 5) is 9.21. The first-order valence-corrected chi connectivity index (χ1v) is 9.67. The predicted molar refractivity (Wildman–Crippen MR) is 96.5 cm³/mol. The minimum Gasteiger partial charge on any atom is -0.846 e. The van der Waals surface area contributed by atoms with Gasteiger partial charge >= 0.3 is 0 Å². The van der Waals surface area contributed by atoms with Gasteiger partial charge in [-0.05, 0) is 38.8 Å². The van der Waals surface area contributed by atoms with E-state index in [-0.39, 0.29) is 12.1 Å². The number of para-hydroxylation sites is 1. The van der Waals surface area contributed by atoms with Gasteiger partial charge in [-0.15, -0.1) is 11.3 Å². The average molecular weight is 340 g/mol. The SMILES string of the molecule is CC(C)n1c([O-])nc2c(-c3nc(C4CCCCC4)cs3)cccc21. The van der Waals surface area contributed by atoms with Gasteiger partial charge in [0.25, 0.3) is 0 Å². The number of hydrogen-bond donors (Lipinski definition) is 0. The fraction of sp³-hybridized carbons (Fsp3) is 0.474. The molecule has 0 spiro atoms. The van der Waals surface area contributed by atoms with Crippen LogP contribution in [0.1, 0.15) is 63.6 Å². The molecule has 1 aliphatic rings. The second kappa shape index (κ2) is 6.20. The summed E-state index contributed by atoms with van der Waals surface area (Å²) in [6, 6.07) is 5.94. The van der Waals surface area contributed by atoms with E-state index < -0.39 is 0 Å². The Labute approximate surface area is 146 Å². The Balaban J connectivity index is 1.77. The van der Waals surface area contributed by atoms with Gasteiger partial charge in [0.1, 0.15) is 5.01 Å². The Morgan fingerprint density at radius 2 is 1.96 bits per heavy atom. The second-order valence-electron chi connectivity index (χ2n) is 6.94. The Kier molecular flexibility index (Phi) is 4.04. The number of aromatic nitrogens is 3. The molecule has 4 nitrogen and oxygen atoms in total. The number of hydrogen-bond acceptors (Lipinski definition) is 4. The monoisotopic (exact) mass is 340 g/mol. The van der Waals surface area contributed by atoms with E-state index in [9.17, 15) is 5.11 Å². The van der Waals surface area contributed by atoms with Crippen LogP contribution in [0.15, 0.2) is 23.6 Å². The summed E-state index contributed by atoms with van der Waals surface area (Å²) in [7, 11) is 0. The third-order valence-electron chi connectivity index (χ3n) is 4.98. The lowest BCUT2D eigenvalue weighted by molar-refractivity contribution is -0.285. The fourth-order valence-electron chi connectivity index (χ4n) is 3.76. The van der Waals surface area contributed by atoms with Gasteiger partial charge in [-0.25, -0.2) is 9.97 Å². The van der Waals surface area contributed by atoms with Gasteiger partial charge in [0.2, 0.25) is 0 Å². The minimum atomic E-state index is -0.170. The van der Waals surface area contributed by atoms with Crippen LogP contribution in [-0.2, 0) is 0 Å². The number of benzene rings is 1. The Hall–Kier alpha value is -1.88. The highest BCUT2D eigenvalue weighted by Crippen LogP contribution is 2.37. The van der Waals surface area contributed by atoms with E-state index in [0.29, 0.717) is 5.92 Å². The zero-order chi connectivity index (χ0) is 16.7. The van der Waals surface area contributed by atoms with Crippen molar-refractivity contribution in [3.05, 3.63) is 29.3 Å². The normalized spacial score (nSPS) is 16.3. The third-order valence-corrected chi connectivity index (χ3v) is 5.87. The predicted octanol–water partition coefficient (Wildman–Crippen LogP) is 4.86. The molecule has 1 aliphatic carbocycles. The molecule has 1 aromatic carbocycles. The molecule has 1 fully saturated rings. The van der Waals surface area contributed by atoms with Crippen LogP contribution >= 0.6 is 11.3 Å². The molecule has 2 aromatic heterocycles. The Morgan fingerprint density at radius 1 is 1.17 bits per heavy atom. The van der Waals surface area contributed by atoms with E-state index in [1.54, 1.807) is 15.9 Å². The van der Waals surface area contributed by atoms with E-state index in [0.717, 1.165) is 21.6 Å². The Bertz CT molecular complexity index is 859. The zero-order valence-corrected chi connectivity index (χ0v) is 15.0. The van der Waals surface area contributed by atoms with Gasteiger partial charge in [0, 0.05) is 22.9 Å². The van der Waals surface area contributed by atoms with Gasteiger partial charge in [-0.2, -0.15) is 0 Å². The molecule has 0 saturated heterocycles. The first kappa shape index (κ1) is 15.6. The molecule has 0 radical (unpaired) electrons. The smallest absolute Gasteiger partial charge is 0.125 e. The van der Waals surface area contributed by atoms with Crippen LogP contribution in [0.3, 0.4) is 0 Å². The number of nitrogens with zero attached hydrogens (tertiary/aromatic N) is 3. The lowest BCUT2D eigenvalue weighted by atomic mass is 9.87. The van der Waals surface area contributed by atoms with Gasteiger partial charge in [-0.1, -0.05) is 25.3 Å². The van der Waals surface area contributed by atoms with Crippen molar-refractivity contribution in [3.8, 4) is 16.6 Å². The van der Waals surface area contributed by atoms with E-state index in [1.165, 1.54) is 37.8 Å². The number of fused-ring (bicyclic) bond motifs is 1. The van der Waals surface area contributed by atoms with Crippen LogP contribution in [0.2, 0.25) is 0 Å². The van der Waals surface area contributed by atoms with Gasteiger partial charge < -0.3 is 9.67 Å². The summed E-state index contributed by atoms with van der Waals surface area (Å²) in [5, 5.41) is 15.4. The highest BCUT2D eigenvalue weighted by atomic mass is 32.1. The number of imidazole rings is 1. The van der Waals surface area contributed by atoms with E-state index >= 15 is 0 Å². The van der Waals surface area contributed by atoms with E-state index in [4.69, 9.17) is 4.98 Å². The molecule has 126 valence electrons. The molecule has 4 rings (SSSR count). The molecule has 5 heteroatoms. The molecule has 0 N–H and O–H groups in total. The van der Waals surface area contributed by atoms with Crippen molar-refractivity contribution in [3.63, 3.8) is 0 Å². The molecular formula is C19H22N3OS-. The van der Waals surface area contributed by atoms with Crippen LogP contribution in [0, 0.1) is 0 Å². The average Bonchev–Trinajstić information content (AvgIpc) is 3.19. The molecule has 0 unspecified atom stereocenters. The summed E-state index contributed by atoms with van der Waals surface area (Å²) >= 11 is 1.67. The summed E-state index contributed by atoms with van der Waals surface area (Å²) in [6.45, 7) is 4.03. The molecule has 0 bridgehead atoms. The first-order valence-electron chi connectivity index (χ1n) is 8.79. The van der Waals surface area contributed by atoms with Gasteiger partial charge in [0.15, 0.2) is 0 Å². The van der Waals surface area contributed by atoms with E-state index in [2.05, 4.69) is 10.4 Å². The van der Waals surface area contributed by atoms with Gasteiger partial charge in [-0.3, -0.25) is 0 Å². The van der Waals surface area contributed by atoms with Crippen LogP contribution in [0.25, 0.3) is 21.6 Å². The second-order valence-corrected chi connectivity index (χ2v) is 7.80. The highest BCUT2D eigenvalue weighted by Gasteiger charge is 2.20. The standard InChI is InChI=1S/C19H23N3OS/c1-12(2)22-16-10-6-9-14(17(16)21-19(22)23)18-20-15(11-24-18)13-7-4-3-5-8-13/h6,9-13H,3-5,7-8H2,1-2H3,(H,21,23)/p-1. The molecule has 0 amide bonds. The van der Waals surface area contributed by atoms with Crippen molar-refractivity contribution >= 4 is 22.4 Å². The number of thiazole rings is 1. The van der Waals surface area contributed by atoms with Crippen molar-refractivity contribution < 1.29 is 5.11 Å². The highest BCUT2D eigenvalue weighted by molar-refractivity contribution is 7.13. The number of rotatable bonds is 3. The fourth-order valence-corrected chi connectivity index (χ4v) is 4.69. The molecule has 24 heavy (non-hydrogen) atoms. The van der Waals surface area contributed by atoms with Crippen molar-refractivity contribution in [1.29, 1.82) is 0 Å². The summed E-state index contributed by atoms with van der Waals surface area (Å²) in [5.74, 6) is 0.603. The Morgan fingerprint density at radius 3 is 2.71 bits per heavy atom. The van der Waals surface area contributed by atoms with Crippen LogP contribution in [0.4, 0.5) is 0 Å². The summed E-state index contributed by atoms with van der Waals surface area (Å²) < 4.78 is 1.76. The maximum absolute atomic E-state index is 12.3. The molecule has 3 aromatic rings. The lowest BCUT2D eigenvalue weighted by Gasteiger charge is -2.19. The lowest BCUT2D eigenvalue weighted by Crippen LogP contribution is -2.06. The van der Waals surface area contributed by atoms with Crippen molar-refractivity contribution in [2.45, 2.75) is 57.9 Å². The first-order chi connectivity index (χ1) is 11.6. The summed E-state index contributed by atoms with van der Waals surface area (Å²) in [5.41, 5.74) is 3.89. The van der Waals surface area contributed by atoms with Crippen molar-refractivity contribution in [2.75, 3.05) is 0 Å². The molecule has 0 atom stereocenters. The third kappa shape index (κ3) is 2.61. The minimum absolute atomic E-state index is 0.104. The molecule has 1 saturated carbocycles. The van der Waals surface area contributed by atoms with Crippen LogP contribution in [0.5, 0.6) is 6.01 Å². The molecule has 0 aliphatic heterocycles. The van der Waals surface area contributed by atoms with Crippen molar-refractivity contribution in [1.82, 2.24) is 14.5 Å². The van der Waals surface area contributed by atoms with Crippen LogP contribution in [-0.4, -0.2) is 14.5 Å². The van der Waals surface area contributed by atoms with Crippen LogP contribution < -0.4 is 5.11 Å². The molecular weight excluding hydrogens is 318 g/mol. The maximum atomic E-state index is 12.3. The zero-order valence-electron chi connectivity index (χ0n) is 14.2. The van der Waals surface area contributed by atoms with Gasteiger partial charge in [0.05, 0.1) is 22.7 Å².